The van der Waals surface area contributed by atoms with Crippen molar-refractivity contribution in [1.29, 1.82) is 0 Å². The summed E-state index contributed by atoms with van der Waals surface area (Å²) in [6.45, 7) is 6.83. The summed E-state index contributed by atoms with van der Waals surface area (Å²) in [6.07, 6.45) is 2.58. The van der Waals surface area contributed by atoms with E-state index in [9.17, 15) is 4.79 Å². The van der Waals surface area contributed by atoms with Gasteiger partial charge in [-0.3, -0.25) is 9.36 Å². The Morgan fingerprint density at radius 1 is 1.17 bits per heavy atom. The second-order valence-corrected chi connectivity index (χ2v) is 9.37. The molecular formula is C22H24N4O2S2. The maximum Gasteiger partial charge on any atom is 0.263 e. The maximum atomic E-state index is 13.2. The molecule has 0 aliphatic heterocycles. The van der Waals surface area contributed by atoms with Gasteiger partial charge in [-0.15, -0.1) is 11.3 Å². The minimum Gasteiger partial charge on any atom is -0.338 e. The average Bonchev–Trinajstić information content (AvgIpc) is 3.30. The Bertz CT molecular complexity index is 1210. The molecule has 4 rings (SSSR count). The molecule has 0 aliphatic carbocycles. The highest BCUT2D eigenvalue weighted by molar-refractivity contribution is 7.98. The van der Waals surface area contributed by atoms with Gasteiger partial charge in [0, 0.05) is 17.8 Å². The molecule has 0 bridgehead atoms. The van der Waals surface area contributed by atoms with E-state index < -0.39 is 0 Å². The Labute approximate surface area is 183 Å². The van der Waals surface area contributed by atoms with E-state index in [0.29, 0.717) is 35.6 Å². The fourth-order valence-corrected chi connectivity index (χ4v) is 5.19. The zero-order chi connectivity index (χ0) is 21.1. The summed E-state index contributed by atoms with van der Waals surface area (Å²) in [6, 6.07) is 10.1. The van der Waals surface area contributed by atoms with E-state index in [2.05, 4.69) is 17.1 Å². The summed E-state index contributed by atoms with van der Waals surface area (Å²) in [7, 11) is 0. The van der Waals surface area contributed by atoms with Crippen LogP contribution < -0.4 is 5.56 Å². The molecule has 3 aromatic heterocycles. The molecule has 3 heterocycles. The first-order valence-corrected chi connectivity index (χ1v) is 11.9. The van der Waals surface area contributed by atoms with Crippen LogP contribution in [-0.4, -0.2) is 19.7 Å². The van der Waals surface area contributed by atoms with Gasteiger partial charge < -0.3 is 4.52 Å². The van der Waals surface area contributed by atoms with Crippen LogP contribution in [0.2, 0.25) is 0 Å². The van der Waals surface area contributed by atoms with Crippen LogP contribution in [0, 0.1) is 13.8 Å². The third-order valence-electron chi connectivity index (χ3n) is 5.03. The Balaban J connectivity index is 1.57. The third-order valence-corrected chi connectivity index (χ3v) is 7.09. The van der Waals surface area contributed by atoms with Crippen LogP contribution in [0.15, 0.2) is 44.8 Å². The molecular weight excluding hydrogens is 416 g/mol. The van der Waals surface area contributed by atoms with Crippen LogP contribution in [0.5, 0.6) is 0 Å². The van der Waals surface area contributed by atoms with E-state index in [4.69, 9.17) is 9.51 Å². The van der Waals surface area contributed by atoms with Gasteiger partial charge in [0.25, 0.3) is 5.56 Å². The smallest absolute Gasteiger partial charge is 0.263 e. The summed E-state index contributed by atoms with van der Waals surface area (Å²) >= 11 is 3.05. The van der Waals surface area contributed by atoms with Gasteiger partial charge in [-0.05, 0) is 31.4 Å². The van der Waals surface area contributed by atoms with Crippen LogP contribution in [0.1, 0.15) is 47.5 Å². The first kappa shape index (κ1) is 20.8. The fourth-order valence-electron chi connectivity index (χ4n) is 3.26. The van der Waals surface area contributed by atoms with Crippen molar-refractivity contribution >= 4 is 33.3 Å². The quantitative estimate of drug-likeness (QED) is 0.279. The average molecular weight is 441 g/mol. The van der Waals surface area contributed by atoms with Crippen molar-refractivity contribution in [2.75, 3.05) is 0 Å². The van der Waals surface area contributed by atoms with E-state index >= 15 is 0 Å². The SMILES string of the molecule is CCCCn1c(SCc2nc(Cc3ccccc3)no2)nc2sc(C)c(C)c2c1=O. The van der Waals surface area contributed by atoms with Crippen molar-refractivity contribution in [1.82, 2.24) is 19.7 Å². The highest BCUT2D eigenvalue weighted by atomic mass is 32.2. The molecule has 0 radical (unpaired) electrons. The molecule has 0 amide bonds. The van der Waals surface area contributed by atoms with E-state index in [1.165, 1.54) is 11.8 Å². The Kier molecular flexibility index (Phi) is 6.34. The van der Waals surface area contributed by atoms with Gasteiger partial charge in [0.05, 0.1) is 11.1 Å². The second-order valence-electron chi connectivity index (χ2n) is 7.22. The minimum absolute atomic E-state index is 0.0492. The number of thioether (sulfide) groups is 1. The summed E-state index contributed by atoms with van der Waals surface area (Å²) in [5.74, 6) is 1.68. The second kappa shape index (κ2) is 9.14. The molecule has 0 fully saturated rings. The summed E-state index contributed by atoms with van der Waals surface area (Å²) in [5.41, 5.74) is 2.23. The molecule has 0 aliphatic rings. The van der Waals surface area contributed by atoms with Gasteiger partial charge in [0.1, 0.15) is 4.83 Å². The van der Waals surface area contributed by atoms with Crippen LogP contribution in [0.4, 0.5) is 0 Å². The number of thiophene rings is 1. The van der Waals surface area contributed by atoms with Crippen molar-refractivity contribution < 1.29 is 4.52 Å². The molecule has 6 nitrogen and oxygen atoms in total. The molecule has 4 aromatic rings. The zero-order valence-electron chi connectivity index (χ0n) is 17.3. The topological polar surface area (TPSA) is 73.8 Å². The van der Waals surface area contributed by atoms with Crippen LogP contribution in [-0.2, 0) is 18.7 Å². The number of fused-ring (bicyclic) bond motifs is 1. The molecule has 0 atom stereocenters. The monoisotopic (exact) mass is 440 g/mol. The highest BCUT2D eigenvalue weighted by Gasteiger charge is 2.17. The summed E-state index contributed by atoms with van der Waals surface area (Å²) < 4.78 is 7.23. The predicted octanol–water partition coefficient (Wildman–Crippen LogP) is 5.14. The predicted molar refractivity (Wildman–Crippen MR) is 121 cm³/mol. The molecule has 0 N–H and O–H groups in total. The number of unbranched alkanes of at least 4 members (excludes halogenated alkanes) is 1. The Morgan fingerprint density at radius 3 is 2.73 bits per heavy atom. The Morgan fingerprint density at radius 2 is 1.97 bits per heavy atom. The Hall–Kier alpha value is -2.45. The largest absolute Gasteiger partial charge is 0.338 e. The number of aromatic nitrogens is 4. The third kappa shape index (κ3) is 4.34. The molecule has 0 saturated carbocycles. The maximum absolute atomic E-state index is 13.2. The van der Waals surface area contributed by atoms with Gasteiger partial charge >= 0.3 is 0 Å². The van der Waals surface area contributed by atoms with E-state index in [-0.39, 0.29) is 5.56 Å². The van der Waals surface area contributed by atoms with Crippen molar-refractivity contribution in [3.63, 3.8) is 0 Å². The highest BCUT2D eigenvalue weighted by Crippen LogP contribution is 2.29. The summed E-state index contributed by atoms with van der Waals surface area (Å²) in [4.78, 5) is 24.4. The molecule has 30 heavy (non-hydrogen) atoms. The first-order chi connectivity index (χ1) is 14.6. The lowest BCUT2D eigenvalue weighted by Gasteiger charge is -2.11. The summed E-state index contributed by atoms with van der Waals surface area (Å²) in [5, 5.41) is 5.56. The molecule has 0 saturated heterocycles. The van der Waals surface area contributed by atoms with E-state index in [1.807, 2.05) is 44.2 Å². The van der Waals surface area contributed by atoms with Gasteiger partial charge in [-0.2, -0.15) is 4.98 Å². The molecule has 0 unspecified atom stereocenters. The molecule has 8 heteroatoms. The first-order valence-electron chi connectivity index (χ1n) is 10.1. The standard InChI is InChI=1S/C22H24N4O2S2/c1-4-5-11-26-21(27)19-14(2)15(3)30-20(19)24-22(26)29-13-18-23-17(25-28-18)12-16-9-7-6-8-10-16/h6-10H,4-5,11-13H2,1-3H3. The number of hydrogen-bond acceptors (Lipinski definition) is 7. The lowest BCUT2D eigenvalue weighted by Crippen LogP contribution is -2.23. The lowest BCUT2D eigenvalue weighted by atomic mass is 10.1. The van der Waals surface area contributed by atoms with Crippen molar-refractivity contribution in [2.45, 2.75) is 57.5 Å². The molecule has 156 valence electrons. The lowest BCUT2D eigenvalue weighted by molar-refractivity contribution is 0.385. The number of hydrogen-bond donors (Lipinski definition) is 0. The van der Waals surface area contributed by atoms with Crippen LogP contribution in [0.25, 0.3) is 10.2 Å². The number of aryl methyl sites for hydroxylation is 2. The minimum atomic E-state index is 0.0492. The molecule has 1 aromatic carbocycles. The van der Waals surface area contributed by atoms with Crippen molar-refractivity contribution in [3.8, 4) is 0 Å². The number of rotatable bonds is 8. The normalized spacial score (nSPS) is 11.4. The van der Waals surface area contributed by atoms with Gasteiger partial charge in [0.15, 0.2) is 11.0 Å². The van der Waals surface area contributed by atoms with Crippen LogP contribution in [0.3, 0.4) is 0 Å². The fraction of sp³-hybridized carbons (Fsp3) is 0.364. The van der Waals surface area contributed by atoms with E-state index in [1.54, 1.807) is 15.9 Å². The number of nitrogens with zero attached hydrogens (tertiary/aromatic N) is 4. The van der Waals surface area contributed by atoms with Gasteiger partial charge in [-0.25, -0.2) is 4.98 Å². The zero-order valence-corrected chi connectivity index (χ0v) is 19.0. The van der Waals surface area contributed by atoms with Crippen molar-refractivity contribution in [2.24, 2.45) is 0 Å². The van der Waals surface area contributed by atoms with Gasteiger partial charge in [0.2, 0.25) is 5.89 Å². The van der Waals surface area contributed by atoms with Gasteiger partial charge in [-0.1, -0.05) is 60.6 Å². The van der Waals surface area contributed by atoms with E-state index in [0.717, 1.165) is 39.1 Å². The molecule has 0 spiro atoms. The number of benzene rings is 1. The van der Waals surface area contributed by atoms with Crippen LogP contribution >= 0.6 is 23.1 Å². The van der Waals surface area contributed by atoms with Crippen molar-refractivity contribution in [3.05, 3.63) is 68.4 Å².